The molecule has 15 nitrogen and oxygen atoms in total. The molecule has 0 spiro atoms. The molecule has 0 saturated carbocycles. The molecule has 73 heavy (non-hydrogen) atoms. The van der Waals surface area contributed by atoms with Gasteiger partial charge in [-0.05, 0) is 80.6 Å². The number of oxime groups is 1. The molecule has 7 aromatic rings. The third-order valence-electron chi connectivity index (χ3n) is 11.7. The quantitative estimate of drug-likeness (QED) is 0.0207. The number of ether oxygens (including phenoxy) is 3. The van der Waals surface area contributed by atoms with E-state index in [1.54, 1.807) is 69.9 Å². The normalized spacial score (nSPS) is 16.1. The zero-order valence-corrected chi connectivity index (χ0v) is 44.0. The highest BCUT2D eigenvalue weighted by molar-refractivity contribution is 8.02. The molecule has 4 aromatic carbocycles. The van der Waals surface area contributed by atoms with E-state index < -0.39 is 51.9 Å². The molecule has 2 N–H and O–H groups in total. The van der Waals surface area contributed by atoms with Crippen LogP contribution in [-0.4, -0.2) is 90.5 Å². The Balaban J connectivity index is 1.02. The maximum atomic E-state index is 14.8. The van der Waals surface area contributed by atoms with Crippen LogP contribution in [0.5, 0.6) is 5.75 Å². The summed E-state index contributed by atoms with van der Waals surface area (Å²) in [5.41, 5.74) is 1.53. The number of rotatable bonds is 18. The van der Waals surface area contributed by atoms with E-state index >= 15 is 0 Å². The zero-order valence-electron chi connectivity index (χ0n) is 40.7. The molecule has 2 aliphatic rings. The molecule has 5 heterocycles. The third-order valence-corrected chi connectivity index (χ3v) is 16.1. The number of carbonyl (C=O) groups is 4. The van der Waals surface area contributed by atoms with Gasteiger partial charge in [0, 0.05) is 29.3 Å². The first-order chi connectivity index (χ1) is 35.1. The molecule has 0 radical (unpaired) electrons. The van der Waals surface area contributed by atoms with Crippen molar-refractivity contribution in [1.82, 2.24) is 25.2 Å². The molecule has 9 rings (SSSR count). The SMILES string of the molecule is COc1ccc(COC(=O)C2=C(CSc3nc4ccncc4s3)CS[C@@H]3C(NC(=O)/C(=N/OC(C)(C)C(=O)OC(C)(C)C)c4csc(NC(c5ccccc5)(c5ccccc5)c5ccccc5)n4)C(=O)N23)cc1. The van der Waals surface area contributed by atoms with E-state index in [1.807, 2.05) is 97.1 Å². The van der Waals surface area contributed by atoms with Gasteiger partial charge >= 0.3 is 11.9 Å². The van der Waals surface area contributed by atoms with Crippen molar-refractivity contribution >= 4 is 91.0 Å². The summed E-state index contributed by atoms with van der Waals surface area (Å²) in [5, 5.41) is 12.3. The second-order valence-corrected chi connectivity index (χ2v) is 22.6. The number of β-lactam (4-membered cyclic amide) rings is 1. The van der Waals surface area contributed by atoms with E-state index in [-0.39, 0.29) is 23.7 Å². The van der Waals surface area contributed by atoms with Gasteiger partial charge in [0.1, 0.15) is 46.3 Å². The number of nitrogens with one attached hydrogen (secondary N) is 2. The minimum Gasteiger partial charge on any atom is -0.497 e. The number of fused-ring (bicyclic) bond motifs is 2. The van der Waals surface area contributed by atoms with Crippen molar-refractivity contribution in [3.63, 3.8) is 0 Å². The molecule has 374 valence electrons. The van der Waals surface area contributed by atoms with Crippen molar-refractivity contribution in [3.05, 3.63) is 178 Å². The summed E-state index contributed by atoms with van der Waals surface area (Å²) in [6, 6.07) is 37.9. The molecule has 0 aliphatic carbocycles. The highest BCUT2D eigenvalue weighted by atomic mass is 32.2. The number of esters is 2. The Morgan fingerprint density at radius 3 is 2.10 bits per heavy atom. The average Bonchev–Trinajstić information content (AvgIpc) is 4.05. The van der Waals surface area contributed by atoms with Gasteiger partial charge in [0.05, 0.1) is 17.3 Å². The number of pyridine rings is 1. The molecule has 3 aromatic heterocycles. The number of benzene rings is 4. The van der Waals surface area contributed by atoms with Gasteiger partial charge in [-0.1, -0.05) is 120 Å². The fourth-order valence-electron chi connectivity index (χ4n) is 8.08. The van der Waals surface area contributed by atoms with E-state index in [0.717, 1.165) is 36.8 Å². The lowest BCUT2D eigenvalue weighted by Crippen LogP contribution is -2.71. The number of thiazole rings is 2. The minimum atomic E-state index is -1.65. The van der Waals surface area contributed by atoms with Crippen molar-refractivity contribution in [2.24, 2.45) is 5.16 Å². The van der Waals surface area contributed by atoms with E-state index in [0.29, 0.717) is 28.0 Å². The number of amides is 2. The van der Waals surface area contributed by atoms with E-state index in [2.05, 4.69) is 20.8 Å². The standard InChI is InChI=1S/C54H51N7O8S4/c1-52(2,3)68-49(65)53(4,5)69-60-42(40-32-71-50(56-40)59-54(35-16-10-7-11-17-35,36-18-12-8-13-19-36)37-20-14-9-15-21-37)45(62)58-43-46(63)61-44(48(64)67-29-33-22-24-38(66-6)25-23-33)34(30-70-47(43)61)31-72-51-57-39-26-27-55-28-41(39)73-51/h7-28,32,43,47H,29-31H2,1-6H3,(H,56,59)(H,58,62)/b60-42+/t43?,47-/m1/s1. The predicted octanol–water partition coefficient (Wildman–Crippen LogP) is 9.59. The lowest BCUT2D eigenvalue weighted by atomic mass is 9.77. The smallest absolute Gasteiger partial charge is 0.355 e. The lowest BCUT2D eigenvalue weighted by molar-refractivity contribution is -0.179. The van der Waals surface area contributed by atoms with Gasteiger partial charge in [0.15, 0.2) is 15.2 Å². The number of hydrogen-bond acceptors (Lipinski definition) is 17. The van der Waals surface area contributed by atoms with Crippen LogP contribution in [-0.2, 0) is 45.6 Å². The molecule has 0 bridgehead atoms. The summed E-state index contributed by atoms with van der Waals surface area (Å²) in [5.74, 6) is -1.35. The van der Waals surface area contributed by atoms with Crippen molar-refractivity contribution in [2.45, 2.75) is 73.7 Å². The van der Waals surface area contributed by atoms with Crippen LogP contribution in [0.4, 0.5) is 5.13 Å². The largest absolute Gasteiger partial charge is 0.497 e. The predicted molar refractivity (Wildman–Crippen MR) is 285 cm³/mol. The van der Waals surface area contributed by atoms with Crippen LogP contribution in [0.1, 0.15) is 62.6 Å². The van der Waals surface area contributed by atoms with Crippen LogP contribution >= 0.6 is 46.2 Å². The Morgan fingerprint density at radius 2 is 1.49 bits per heavy atom. The molecule has 1 unspecified atom stereocenters. The fraction of sp³-hybridized carbons (Fsp3) is 0.259. The van der Waals surface area contributed by atoms with Gasteiger partial charge in [-0.3, -0.25) is 19.5 Å². The Kier molecular flexibility index (Phi) is 15.0. The molecule has 1 fully saturated rings. The van der Waals surface area contributed by atoms with E-state index in [1.165, 1.54) is 64.9 Å². The lowest BCUT2D eigenvalue weighted by Gasteiger charge is -2.49. The fourth-order valence-corrected chi connectivity index (χ4v) is 12.4. The zero-order chi connectivity index (χ0) is 51.3. The number of aromatic nitrogens is 3. The molecule has 2 amide bonds. The Hall–Kier alpha value is -7.06. The van der Waals surface area contributed by atoms with Gasteiger partial charge in [-0.25, -0.2) is 19.6 Å². The maximum absolute atomic E-state index is 14.8. The number of thioether (sulfide) groups is 2. The third kappa shape index (κ3) is 11.1. The van der Waals surface area contributed by atoms with Gasteiger partial charge in [-0.15, -0.1) is 34.4 Å². The molecule has 2 atom stereocenters. The molecule has 19 heteroatoms. The maximum Gasteiger partial charge on any atom is 0.355 e. The second-order valence-electron chi connectivity index (χ2n) is 18.4. The molecular formula is C54H51N7O8S4. The Bertz CT molecular complexity index is 3070. The Morgan fingerprint density at radius 1 is 0.849 bits per heavy atom. The van der Waals surface area contributed by atoms with Crippen molar-refractivity contribution < 1.29 is 38.2 Å². The molecule has 1 saturated heterocycles. The highest BCUT2D eigenvalue weighted by Gasteiger charge is 2.55. The number of methoxy groups -OCH3 is 1. The van der Waals surface area contributed by atoms with Crippen LogP contribution in [0.15, 0.2) is 160 Å². The number of nitrogens with zero attached hydrogens (tertiary/aromatic N) is 5. The monoisotopic (exact) mass is 1050 g/mol. The van der Waals surface area contributed by atoms with Crippen LogP contribution in [0.3, 0.4) is 0 Å². The van der Waals surface area contributed by atoms with Crippen LogP contribution in [0, 0.1) is 0 Å². The topological polar surface area (TPSA) is 184 Å². The van der Waals surface area contributed by atoms with Crippen LogP contribution < -0.4 is 15.4 Å². The number of carbonyl (C=O) groups excluding carboxylic acids is 4. The summed E-state index contributed by atoms with van der Waals surface area (Å²) in [6.07, 6.45) is 3.45. The summed E-state index contributed by atoms with van der Waals surface area (Å²) in [7, 11) is 1.57. The van der Waals surface area contributed by atoms with Crippen molar-refractivity contribution in [1.29, 1.82) is 0 Å². The first-order valence-electron chi connectivity index (χ1n) is 23.1. The number of hydrogen-bond donors (Lipinski definition) is 2. The summed E-state index contributed by atoms with van der Waals surface area (Å²) in [4.78, 5) is 78.0. The first kappa shape index (κ1) is 50.9. The summed E-state index contributed by atoms with van der Waals surface area (Å²) in [6.45, 7) is 8.13. The second kappa shape index (κ2) is 21.6. The van der Waals surface area contributed by atoms with Crippen molar-refractivity contribution in [3.8, 4) is 5.75 Å². The van der Waals surface area contributed by atoms with Gasteiger partial charge < -0.3 is 29.7 Å². The van der Waals surface area contributed by atoms with Crippen LogP contribution in [0.25, 0.3) is 10.2 Å². The summed E-state index contributed by atoms with van der Waals surface area (Å²) >= 11 is 5.59. The van der Waals surface area contributed by atoms with Gasteiger partial charge in [0.25, 0.3) is 11.8 Å². The highest BCUT2D eigenvalue weighted by Crippen LogP contribution is 2.44. The molecular weight excluding hydrogens is 1000 g/mol. The first-order valence-corrected chi connectivity index (χ1v) is 26.9. The summed E-state index contributed by atoms with van der Waals surface area (Å²) < 4.78 is 18.5. The van der Waals surface area contributed by atoms with Gasteiger partial charge in [0.2, 0.25) is 5.60 Å². The van der Waals surface area contributed by atoms with Crippen molar-refractivity contribution in [2.75, 3.05) is 23.9 Å². The molecule has 2 aliphatic heterocycles. The number of anilines is 1. The average molecular weight is 1050 g/mol. The van der Waals surface area contributed by atoms with E-state index in [4.69, 9.17) is 29.0 Å². The Labute approximate surface area is 438 Å². The minimum absolute atomic E-state index is 0.0508. The van der Waals surface area contributed by atoms with Gasteiger partial charge in [-0.2, -0.15) is 0 Å². The van der Waals surface area contributed by atoms with Crippen LogP contribution in [0.2, 0.25) is 0 Å². The van der Waals surface area contributed by atoms with E-state index in [9.17, 15) is 19.2 Å².